The number of carbonyl (C=O) groups excluding carboxylic acids is 1. The van der Waals surface area contributed by atoms with E-state index in [1.807, 2.05) is 61.0 Å². The van der Waals surface area contributed by atoms with Crippen LogP contribution >= 0.6 is 11.8 Å². The molecular formula is C25H29N3O3S. The molecule has 1 aliphatic rings. The van der Waals surface area contributed by atoms with Crippen molar-refractivity contribution in [1.29, 1.82) is 0 Å². The molecular weight excluding hydrogens is 422 g/mol. The molecule has 6 nitrogen and oxygen atoms in total. The van der Waals surface area contributed by atoms with Crippen molar-refractivity contribution in [2.45, 2.75) is 50.5 Å². The van der Waals surface area contributed by atoms with Crippen LogP contribution in [0, 0.1) is 19.8 Å². The number of aromatic nitrogens is 2. The first-order chi connectivity index (χ1) is 15.4. The Labute approximate surface area is 193 Å². The van der Waals surface area contributed by atoms with E-state index in [9.17, 15) is 4.79 Å². The zero-order chi connectivity index (χ0) is 22.7. The molecule has 0 fully saturated rings. The molecule has 1 amide bonds. The van der Waals surface area contributed by atoms with E-state index in [1.165, 1.54) is 0 Å². The van der Waals surface area contributed by atoms with Gasteiger partial charge in [-0.2, -0.15) is 5.10 Å². The number of benzene rings is 2. The third-order valence-electron chi connectivity index (χ3n) is 5.30. The number of hydrogen-bond acceptors (Lipinski definition) is 5. The summed E-state index contributed by atoms with van der Waals surface area (Å²) >= 11 is 1.59. The van der Waals surface area contributed by atoms with Gasteiger partial charge in [0.05, 0.1) is 17.8 Å². The van der Waals surface area contributed by atoms with Crippen LogP contribution in [-0.2, 0) is 17.8 Å². The molecule has 2 aromatic carbocycles. The van der Waals surface area contributed by atoms with Crippen LogP contribution in [0.25, 0.3) is 0 Å². The number of hydrogen-bond donors (Lipinski definition) is 1. The van der Waals surface area contributed by atoms with E-state index in [4.69, 9.17) is 9.47 Å². The Kier molecular flexibility index (Phi) is 6.74. The molecule has 2 heterocycles. The number of aryl methyl sites for hydroxylation is 1. The van der Waals surface area contributed by atoms with Gasteiger partial charge in [0, 0.05) is 39.7 Å². The summed E-state index contributed by atoms with van der Waals surface area (Å²) in [6.45, 7) is 10.2. The first-order valence-corrected chi connectivity index (χ1v) is 11.7. The average Bonchev–Trinajstić information content (AvgIpc) is 3.01. The molecule has 7 heteroatoms. The molecule has 0 atom stereocenters. The van der Waals surface area contributed by atoms with Crippen LogP contribution in [0.5, 0.6) is 11.5 Å². The molecule has 1 N–H and O–H groups in total. The van der Waals surface area contributed by atoms with Crippen molar-refractivity contribution < 1.29 is 14.3 Å². The second kappa shape index (κ2) is 9.69. The van der Waals surface area contributed by atoms with Gasteiger partial charge in [-0.3, -0.25) is 9.48 Å². The summed E-state index contributed by atoms with van der Waals surface area (Å²) in [6, 6.07) is 13.9. The summed E-state index contributed by atoms with van der Waals surface area (Å²) in [5.74, 6) is 1.77. The van der Waals surface area contributed by atoms with Crippen LogP contribution in [0.15, 0.2) is 52.3 Å². The Bertz CT molecular complexity index is 1110. The standard InChI is InChI=1S/C25H29N3O3S/c1-16(2)15-28-18(4)20(17(3)27-28)12-25(29)26-21-13-22-23(31-11-10-30-22)14-24(21)32-19-8-6-5-7-9-19/h5-9,13-14,16H,10-12,15H2,1-4H3,(H,26,29). The number of rotatable bonds is 7. The van der Waals surface area contributed by atoms with Crippen molar-refractivity contribution in [3.05, 3.63) is 59.4 Å². The second-order valence-electron chi connectivity index (χ2n) is 8.36. The fraction of sp³-hybridized carbons (Fsp3) is 0.360. The number of fused-ring (bicyclic) bond motifs is 1. The zero-order valence-electron chi connectivity index (χ0n) is 19.0. The highest BCUT2D eigenvalue weighted by molar-refractivity contribution is 7.99. The van der Waals surface area contributed by atoms with Gasteiger partial charge in [-0.1, -0.05) is 43.8 Å². The lowest BCUT2D eigenvalue weighted by molar-refractivity contribution is -0.115. The summed E-state index contributed by atoms with van der Waals surface area (Å²) in [5.41, 5.74) is 3.66. The Hall–Kier alpha value is -2.93. The first kappa shape index (κ1) is 22.3. The maximum Gasteiger partial charge on any atom is 0.228 e. The summed E-state index contributed by atoms with van der Waals surface area (Å²) in [6.07, 6.45) is 0.277. The molecule has 4 rings (SSSR count). The molecule has 0 unspecified atom stereocenters. The fourth-order valence-electron chi connectivity index (χ4n) is 3.74. The van der Waals surface area contributed by atoms with E-state index in [1.54, 1.807) is 11.8 Å². The maximum absolute atomic E-state index is 13.1. The first-order valence-electron chi connectivity index (χ1n) is 10.9. The van der Waals surface area contributed by atoms with Crippen LogP contribution in [0.4, 0.5) is 5.69 Å². The van der Waals surface area contributed by atoms with Gasteiger partial charge < -0.3 is 14.8 Å². The summed E-state index contributed by atoms with van der Waals surface area (Å²) in [7, 11) is 0. The quantitative estimate of drug-likeness (QED) is 0.531. The van der Waals surface area contributed by atoms with Gasteiger partial charge in [-0.25, -0.2) is 0 Å². The largest absolute Gasteiger partial charge is 0.486 e. The molecule has 1 aliphatic heterocycles. The Morgan fingerprint density at radius 2 is 1.81 bits per heavy atom. The van der Waals surface area contributed by atoms with Crippen molar-refractivity contribution in [2.24, 2.45) is 5.92 Å². The van der Waals surface area contributed by atoms with Gasteiger partial charge >= 0.3 is 0 Å². The second-order valence-corrected chi connectivity index (χ2v) is 9.47. The zero-order valence-corrected chi connectivity index (χ0v) is 19.8. The Balaban J connectivity index is 1.58. The minimum Gasteiger partial charge on any atom is -0.486 e. The van der Waals surface area contributed by atoms with Crippen LogP contribution < -0.4 is 14.8 Å². The van der Waals surface area contributed by atoms with E-state index in [0.29, 0.717) is 30.6 Å². The third-order valence-corrected chi connectivity index (χ3v) is 6.36. The maximum atomic E-state index is 13.1. The highest BCUT2D eigenvalue weighted by atomic mass is 32.2. The monoisotopic (exact) mass is 451 g/mol. The van der Waals surface area contributed by atoms with E-state index >= 15 is 0 Å². The van der Waals surface area contributed by atoms with Gasteiger partial charge in [-0.05, 0) is 31.9 Å². The predicted octanol–water partition coefficient (Wildman–Crippen LogP) is 5.26. The van der Waals surface area contributed by atoms with E-state index < -0.39 is 0 Å². The van der Waals surface area contributed by atoms with E-state index in [2.05, 4.69) is 24.3 Å². The topological polar surface area (TPSA) is 65.4 Å². The molecule has 3 aromatic rings. The lowest BCUT2D eigenvalue weighted by Gasteiger charge is -2.21. The molecule has 0 bridgehead atoms. The normalized spacial score (nSPS) is 12.8. The molecule has 32 heavy (non-hydrogen) atoms. The highest BCUT2D eigenvalue weighted by Crippen LogP contribution is 2.42. The highest BCUT2D eigenvalue weighted by Gasteiger charge is 2.20. The van der Waals surface area contributed by atoms with Crippen molar-refractivity contribution in [3.8, 4) is 11.5 Å². The van der Waals surface area contributed by atoms with E-state index in [0.717, 1.165) is 39.0 Å². The van der Waals surface area contributed by atoms with Crippen molar-refractivity contribution in [1.82, 2.24) is 9.78 Å². The Morgan fingerprint density at radius 3 is 2.50 bits per heavy atom. The number of anilines is 1. The summed E-state index contributed by atoms with van der Waals surface area (Å²) < 4.78 is 13.5. The SMILES string of the molecule is Cc1nn(CC(C)C)c(C)c1CC(=O)Nc1cc2c(cc1Sc1ccccc1)OCCO2. The minimum atomic E-state index is -0.0770. The Morgan fingerprint density at radius 1 is 1.12 bits per heavy atom. The molecule has 0 saturated heterocycles. The van der Waals surface area contributed by atoms with Crippen molar-refractivity contribution >= 4 is 23.4 Å². The van der Waals surface area contributed by atoms with Crippen LogP contribution in [0.1, 0.15) is 30.8 Å². The fourth-order valence-corrected chi connectivity index (χ4v) is 4.67. The van der Waals surface area contributed by atoms with Crippen LogP contribution in [0.2, 0.25) is 0 Å². The summed E-state index contributed by atoms with van der Waals surface area (Å²) in [5, 5.41) is 7.74. The van der Waals surface area contributed by atoms with Crippen LogP contribution in [-0.4, -0.2) is 28.9 Å². The molecule has 0 spiro atoms. The van der Waals surface area contributed by atoms with Crippen LogP contribution in [0.3, 0.4) is 0 Å². The molecule has 0 radical (unpaired) electrons. The molecule has 0 saturated carbocycles. The van der Waals surface area contributed by atoms with Crippen molar-refractivity contribution in [3.63, 3.8) is 0 Å². The third kappa shape index (κ3) is 5.10. The van der Waals surface area contributed by atoms with Gasteiger partial charge in [0.15, 0.2) is 11.5 Å². The van der Waals surface area contributed by atoms with Crippen molar-refractivity contribution in [2.75, 3.05) is 18.5 Å². The predicted molar refractivity (Wildman–Crippen MR) is 127 cm³/mol. The smallest absolute Gasteiger partial charge is 0.228 e. The van der Waals surface area contributed by atoms with Gasteiger partial charge in [-0.15, -0.1) is 0 Å². The lowest BCUT2D eigenvalue weighted by atomic mass is 10.1. The summed E-state index contributed by atoms with van der Waals surface area (Å²) in [4.78, 5) is 15.1. The number of amides is 1. The molecule has 0 aliphatic carbocycles. The average molecular weight is 452 g/mol. The van der Waals surface area contributed by atoms with Gasteiger partial charge in [0.1, 0.15) is 13.2 Å². The number of nitrogens with zero attached hydrogens (tertiary/aromatic N) is 2. The van der Waals surface area contributed by atoms with E-state index in [-0.39, 0.29) is 12.3 Å². The minimum absolute atomic E-state index is 0.0770. The number of nitrogens with one attached hydrogen (secondary N) is 1. The molecule has 168 valence electrons. The van der Waals surface area contributed by atoms with Gasteiger partial charge in [0.25, 0.3) is 0 Å². The lowest BCUT2D eigenvalue weighted by Crippen LogP contribution is -2.18. The number of carbonyl (C=O) groups is 1. The molecule has 1 aromatic heterocycles. The van der Waals surface area contributed by atoms with Gasteiger partial charge in [0.2, 0.25) is 5.91 Å². The number of ether oxygens (including phenoxy) is 2.